The Bertz CT molecular complexity index is 588. The maximum Gasteiger partial charge on any atom is 0.0636 e. The van der Waals surface area contributed by atoms with Gasteiger partial charge in [0.05, 0.1) is 6.04 Å². The zero-order valence-corrected chi connectivity index (χ0v) is 15.0. The predicted octanol–water partition coefficient (Wildman–Crippen LogP) is 4.90. The van der Waals surface area contributed by atoms with Gasteiger partial charge in [-0.3, -0.25) is 0 Å². The van der Waals surface area contributed by atoms with E-state index in [-0.39, 0.29) is 6.04 Å². The zero-order chi connectivity index (χ0) is 15.4. The molecule has 0 aliphatic heterocycles. The summed E-state index contributed by atoms with van der Waals surface area (Å²) in [5.41, 5.74) is 10.7. The first-order valence-corrected chi connectivity index (χ1v) is 8.94. The van der Waals surface area contributed by atoms with Crippen molar-refractivity contribution in [2.75, 3.05) is 18.1 Å². The van der Waals surface area contributed by atoms with Crippen molar-refractivity contribution in [3.05, 3.63) is 57.6 Å². The number of nitrogens with one attached hydrogen (secondary N) is 1. The Balaban J connectivity index is 2.22. The van der Waals surface area contributed by atoms with Crippen LogP contribution in [0.25, 0.3) is 0 Å². The zero-order valence-electron chi connectivity index (χ0n) is 12.6. The van der Waals surface area contributed by atoms with Crippen molar-refractivity contribution in [1.29, 1.82) is 0 Å². The Hall–Kier alpha value is -0.970. The van der Waals surface area contributed by atoms with Gasteiger partial charge < -0.3 is 11.1 Å². The van der Waals surface area contributed by atoms with Gasteiger partial charge in [-0.25, -0.2) is 0 Å². The van der Waals surface area contributed by atoms with Crippen LogP contribution in [0.1, 0.15) is 22.7 Å². The average molecular weight is 365 g/mol. The van der Waals surface area contributed by atoms with Gasteiger partial charge in [0.1, 0.15) is 0 Å². The number of hydrogen-bond acceptors (Lipinski definition) is 3. The van der Waals surface area contributed by atoms with E-state index in [1.807, 2.05) is 0 Å². The topological polar surface area (TPSA) is 38.0 Å². The fourth-order valence-corrected chi connectivity index (χ4v) is 2.98. The Morgan fingerprint density at radius 1 is 1.14 bits per heavy atom. The standard InChI is InChI=1S/C17H21BrN2S/c1-11-8-14(9-12(2)17(11)18)20-16(10-19)13-4-6-15(21-3)7-5-13/h4-9,16,20H,10,19H2,1-3H3. The van der Waals surface area contributed by atoms with Crippen LogP contribution in [0.15, 0.2) is 45.8 Å². The number of hydrogen-bond donors (Lipinski definition) is 2. The van der Waals surface area contributed by atoms with Gasteiger partial charge in [-0.2, -0.15) is 0 Å². The van der Waals surface area contributed by atoms with Gasteiger partial charge in [-0.05, 0) is 61.1 Å². The Morgan fingerprint density at radius 3 is 2.19 bits per heavy atom. The Morgan fingerprint density at radius 2 is 1.71 bits per heavy atom. The molecule has 0 amide bonds. The van der Waals surface area contributed by atoms with E-state index in [4.69, 9.17) is 5.73 Å². The van der Waals surface area contributed by atoms with Crippen molar-refractivity contribution >= 4 is 33.4 Å². The SMILES string of the molecule is CSc1ccc(C(CN)Nc2cc(C)c(Br)c(C)c2)cc1. The van der Waals surface area contributed by atoms with Crippen LogP contribution in [0.4, 0.5) is 5.69 Å². The maximum absolute atomic E-state index is 5.95. The van der Waals surface area contributed by atoms with E-state index in [1.165, 1.54) is 26.1 Å². The van der Waals surface area contributed by atoms with Crippen LogP contribution in [-0.2, 0) is 0 Å². The Labute approximate surface area is 139 Å². The molecule has 4 heteroatoms. The van der Waals surface area contributed by atoms with Crippen LogP contribution in [0.2, 0.25) is 0 Å². The molecule has 2 nitrogen and oxygen atoms in total. The first kappa shape index (κ1) is 16.4. The summed E-state index contributed by atoms with van der Waals surface area (Å²) in [5.74, 6) is 0. The highest BCUT2D eigenvalue weighted by atomic mass is 79.9. The lowest BCUT2D eigenvalue weighted by Gasteiger charge is -2.20. The molecule has 0 aromatic heterocycles. The van der Waals surface area contributed by atoms with Crippen molar-refractivity contribution in [3.63, 3.8) is 0 Å². The Kier molecular flexibility index (Phi) is 5.73. The molecule has 2 aromatic rings. The molecule has 3 N–H and O–H groups in total. The number of halogens is 1. The molecule has 0 spiro atoms. The third-order valence-electron chi connectivity index (χ3n) is 3.53. The molecule has 0 bridgehead atoms. The fourth-order valence-electron chi connectivity index (χ4n) is 2.34. The van der Waals surface area contributed by atoms with Crippen LogP contribution >= 0.6 is 27.7 Å². The normalized spacial score (nSPS) is 12.2. The van der Waals surface area contributed by atoms with E-state index in [0.29, 0.717) is 6.54 Å². The molecule has 2 rings (SSSR count). The predicted molar refractivity (Wildman–Crippen MR) is 97.3 cm³/mol. The summed E-state index contributed by atoms with van der Waals surface area (Å²) in [6.07, 6.45) is 2.08. The summed E-state index contributed by atoms with van der Waals surface area (Å²) < 4.78 is 1.17. The van der Waals surface area contributed by atoms with Crippen molar-refractivity contribution < 1.29 is 0 Å². The van der Waals surface area contributed by atoms with Crippen LogP contribution < -0.4 is 11.1 Å². The maximum atomic E-state index is 5.95. The molecule has 1 unspecified atom stereocenters. The van der Waals surface area contributed by atoms with E-state index in [9.17, 15) is 0 Å². The molecule has 0 saturated carbocycles. The molecular formula is C17H21BrN2S. The quantitative estimate of drug-likeness (QED) is 0.740. The van der Waals surface area contributed by atoms with E-state index < -0.39 is 0 Å². The smallest absolute Gasteiger partial charge is 0.0636 e. The molecule has 0 radical (unpaired) electrons. The number of anilines is 1. The van der Waals surface area contributed by atoms with Gasteiger partial charge >= 0.3 is 0 Å². The molecule has 21 heavy (non-hydrogen) atoms. The number of aryl methyl sites for hydroxylation is 2. The molecule has 0 heterocycles. The fraction of sp³-hybridized carbons (Fsp3) is 0.294. The first-order chi connectivity index (χ1) is 10.0. The number of nitrogens with two attached hydrogens (primary N) is 1. The second-order valence-corrected chi connectivity index (χ2v) is 6.80. The van der Waals surface area contributed by atoms with Crippen molar-refractivity contribution in [2.45, 2.75) is 24.8 Å². The van der Waals surface area contributed by atoms with E-state index in [2.05, 4.69) is 77.7 Å². The van der Waals surface area contributed by atoms with Gasteiger partial charge in [0.25, 0.3) is 0 Å². The average Bonchev–Trinajstić information content (AvgIpc) is 2.50. The summed E-state index contributed by atoms with van der Waals surface area (Å²) in [5, 5.41) is 3.54. The molecule has 0 aliphatic rings. The van der Waals surface area contributed by atoms with Crippen molar-refractivity contribution in [1.82, 2.24) is 0 Å². The van der Waals surface area contributed by atoms with Gasteiger partial charge in [0.2, 0.25) is 0 Å². The van der Waals surface area contributed by atoms with Crippen molar-refractivity contribution in [3.8, 4) is 0 Å². The summed E-state index contributed by atoms with van der Waals surface area (Å²) in [7, 11) is 0. The summed E-state index contributed by atoms with van der Waals surface area (Å²) in [4.78, 5) is 1.27. The molecule has 2 aromatic carbocycles. The van der Waals surface area contributed by atoms with Gasteiger partial charge in [0, 0.05) is 21.6 Å². The third-order valence-corrected chi connectivity index (χ3v) is 5.53. The van der Waals surface area contributed by atoms with E-state index in [0.717, 1.165) is 5.69 Å². The number of thioether (sulfide) groups is 1. The lowest BCUT2D eigenvalue weighted by molar-refractivity contribution is 0.788. The van der Waals surface area contributed by atoms with Crippen LogP contribution in [-0.4, -0.2) is 12.8 Å². The summed E-state index contributed by atoms with van der Waals surface area (Å²) in [6, 6.07) is 13.0. The second kappa shape index (κ2) is 7.34. The highest BCUT2D eigenvalue weighted by Gasteiger charge is 2.11. The first-order valence-electron chi connectivity index (χ1n) is 6.92. The van der Waals surface area contributed by atoms with Gasteiger partial charge in [-0.1, -0.05) is 28.1 Å². The van der Waals surface area contributed by atoms with Crippen LogP contribution in [0.5, 0.6) is 0 Å². The molecule has 1 atom stereocenters. The van der Waals surface area contributed by atoms with Gasteiger partial charge in [0.15, 0.2) is 0 Å². The second-order valence-electron chi connectivity index (χ2n) is 5.13. The van der Waals surface area contributed by atoms with Crippen LogP contribution in [0.3, 0.4) is 0 Å². The highest BCUT2D eigenvalue weighted by Crippen LogP contribution is 2.28. The van der Waals surface area contributed by atoms with E-state index in [1.54, 1.807) is 11.8 Å². The largest absolute Gasteiger partial charge is 0.377 e. The minimum Gasteiger partial charge on any atom is -0.377 e. The van der Waals surface area contributed by atoms with Crippen LogP contribution in [0, 0.1) is 13.8 Å². The number of rotatable bonds is 5. The highest BCUT2D eigenvalue weighted by molar-refractivity contribution is 9.10. The molecule has 0 fully saturated rings. The van der Waals surface area contributed by atoms with Gasteiger partial charge in [-0.15, -0.1) is 11.8 Å². The minimum atomic E-state index is 0.126. The number of benzene rings is 2. The van der Waals surface area contributed by atoms with E-state index >= 15 is 0 Å². The minimum absolute atomic E-state index is 0.126. The molecular weight excluding hydrogens is 344 g/mol. The molecule has 0 aliphatic carbocycles. The lowest BCUT2D eigenvalue weighted by atomic mass is 10.1. The lowest BCUT2D eigenvalue weighted by Crippen LogP contribution is -2.20. The summed E-state index contributed by atoms with van der Waals surface area (Å²) in [6.45, 7) is 4.77. The van der Waals surface area contributed by atoms with Crippen molar-refractivity contribution in [2.24, 2.45) is 5.73 Å². The molecule has 0 saturated heterocycles. The third kappa shape index (κ3) is 4.02. The monoisotopic (exact) mass is 364 g/mol. The summed E-state index contributed by atoms with van der Waals surface area (Å²) >= 11 is 5.35. The molecule has 112 valence electrons.